The number of nitrogens with two attached hydrogens (primary N) is 1. The molecule has 1 aliphatic rings. The van der Waals surface area contributed by atoms with E-state index >= 15 is 0 Å². The van der Waals surface area contributed by atoms with Crippen LogP contribution in [0.15, 0.2) is 30.3 Å². The Bertz CT molecular complexity index is 501. The summed E-state index contributed by atoms with van der Waals surface area (Å²) < 4.78 is 33.7. The maximum atomic E-state index is 12.2. The summed E-state index contributed by atoms with van der Waals surface area (Å²) in [6, 6.07) is 9.42. The number of nitrogens with one attached hydrogen (secondary N) is 1. The Hall–Kier alpha value is -0.990. The van der Waals surface area contributed by atoms with Crippen LogP contribution in [0, 0.1) is 0 Å². The third-order valence-electron chi connectivity index (χ3n) is 3.24. The van der Waals surface area contributed by atoms with Crippen LogP contribution in [0.25, 0.3) is 0 Å². The number of rotatable bonds is 6. The monoisotopic (exact) mass is 299 g/mol. The van der Waals surface area contributed by atoms with E-state index in [0.29, 0.717) is 32.7 Å². The summed E-state index contributed by atoms with van der Waals surface area (Å²) in [7, 11) is -3.49. The topological polar surface area (TPSA) is 84.7 Å². The van der Waals surface area contributed by atoms with Gasteiger partial charge in [-0.2, -0.15) is 17.4 Å². The molecule has 2 rings (SSSR count). The highest BCUT2D eigenvalue weighted by atomic mass is 32.2. The normalized spacial score (nSPS) is 18.9. The molecule has 1 aromatic rings. The van der Waals surface area contributed by atoms with Crippen molar-refractivity contribution < 1.29 is 13.2 Å². The maximum absolute atomic E-state index is 12.2. The van der Waals surface area contributed by atoms with Gasteiger partial charge in [-0.3, -0.25) is 0 Å². The van der Waals surface area contributed by atoms with Crippen molar-refractivity contribution in [1.29, 1.82) is 0 Å². The lowest BCUT2D eigenvalue weighted by molar-refractivity contribution is 0.0723. The molecule has 1 aliphatic heterocycles. The van der Waals surface area contributed by atoms with Gasteiger partial charge in [0.15, 0.2) is 0 Å². The zero-order chi connectivity index (χ0) is 14.4. The Morgan fingerprint density at radius 3 is 2.50 bits per heavy atom. The van der Waals surface area contributed by atoms with Crippen LogP contribution in [-0.4, -0.2) is 51.6 Å². The van der Waals surface area contributed by atoms with Gasteiger partial charge < -0.3 is 10.5 Å². The molecule has 1 aromatic carbocycles. The average Bonchev–Trinajstić information content (AvgIpc) is 2.48. The zero-order valence-corrected chi connectivity index (χ0v) is 12.2. The second kappa shape index (κ2) is 7.14. The molecule has 7 heteroatoms. The Morgan fingerprint density at radius 2 is 1.90 bits per heavy atom. The Morgan fingerprint density at radius 1 is 1.25 bits per heavy atom. The van der Waals surface area contributed by atoms with E-state index in [4.69, 9.17) is 10.5 Å². The van der Waals surface area contributed by atoms with Crippen LogP contribution in [0.1, 0.15) is 5.56 Å². The fourth-order valence-electron chi connectivity index (χ4n) is 2.14. The summed E-state index contributed by atoms with van der Waals surface area (Å²) in [6.45, 7) is 1.91. The number of benzene rings is 1. The van der Waals surface area contributed by atoms with Gasteiger partial charge in [0.2, 0.25) is 0 Å². The molecular formula is C13H21N3O3S. The Labute approximate surface area is 120 Å². The molecule has 0 radical (unpaired) electrons. The summed E-state index contributed by atoms with van der Waals surface area (Å²) >= 11 is 0. The van der Waals surface area contributed by atoms with Crippen molar-refractivity contribution in [3.8, 4) is 0 Å². The summed E-state index contributed by atoms with van der Waals surface area (Å²) in [5.41, 5.74) is 6.75. The van der Waals surface area contributed by atoms with Gasteiger partial charge in [0.1, 0.15) is 0 Å². The van der Waals surface area contributed by atoms with Gasteiger partial charge in [-0.15, -0.1) is 0 Å². The smallest absolute Gasteiger partial charge is 0.279 e. The van der Waals surface area contributed by atoms with Gasteiger partial charge in [-0.25, -0.2) is 0 Å². The summed E-state index contributed by atoms with van der Waals surface area (Å²) in [6.07, 6.45) is 0.584. The van der Waals surface area contributed by atoms with Crippen molar-refractivity contribution in [2.75, 3.05) is 32.8 Å². The van der Waals surface area contributed by atoms with Crippen molar-refractivity contribution in [3.05, 3.63) is 35.9 Å². The molecule has 0 spiro atoms. The minimum atomic E-state index is -3.49. The molecule has 112 valence electrons. The van der Waals surface area contributed by atoms with E-state index in [1.807, 2.05) is 30.3 Å². The molecule has 0 aromatic heterocycles. The first-order valence-corrected chi connectivity index (χ1v) is 8.15. The predicted molar refractivity (Wildman–Crippen MR) is 77.4 cm³/mol. The SMILES string of the molecule is NCC(Cc1ccccc1)NS(=O)(=O)N1CCOCC1. The largest absolute Gasteiger partial charge is 0.379 e. The molecule has 0 aliphatic carbocycles. The van der Waals surface area contributed by atoms with Crippen LogP contribution in [-0.2, 0) is 21.4 Å². The molecule has 1 atom stereocenters. The van der Waals surface area contributed by atoms with Gasteiger partial charge in [-0.1, -0.05) is 30.3 Å². The summed E-state index contributed by atoms with van der Waals surface area (Å²) in [5.74, 6) is 0. The maximum Gasteiger partial charge on any atom is 0.279 e. The third-order valence-corrected chi connectivity index (χ3v) is 4.91. The van der Waals surface area contributed by atoms with Gasteiger partial charge in [0.05, 0.1) is 13.2 Å². The molecule has 20 heavy (non-hydrogen) atoms. The van der Waals surface area contributed by atoms with Crippen LogP contribution >= 0.6 is 0 Å². The number of hydrogen-bond donors (Lipinski definition) is 2. The molecule has 1 fully saturated rings. The number of hydrogen-bond acceptors (Lipinski definition) is 4. The molecule has 6 nitrogen and oxygen atoms in total. The minimum absolute atomic E-state index is 0.262. The molecule has 1 unspecified atom stereocenters. The lowest BCUT2D eigenvalue weighted by Crippen LogP contribution is -2.51. The van der Waals surface area contributed by atoms with E-state index in [0.717, 1.165) is 5.56 Å². The Kier molecular flexibility index (Phi) is 5.50. The van der Waals surface area contributed by atoms with E-state index in [1.165, 1.54) is 4.31 Å². The average molecular weight is 299 g/mol. The van der Waals surface area contributed by atoms with E-state index in [9.17, 15) is 8.42 Å². The molecule has 0 bridgehead atoms. The fourth-order valence-corrected chi connectivity index (χ4v) is 3.52. The third kappa shape index (κ3) is 4.26. The highest BCUT2D eigenvalue weighted by molar-refractivity contribution is 7.87. The van der Waals surface area contributed by atoms with Gasteiger partial charge in [-0.05, 0) is 12.0 Å². The standard InChI is InChI=1S/C13H21N3O3S/c14-11-13(10-12-4-2-1-3-5-12)15-20(17,18)16-6-8-19-9-7-16/h1-5,13,15H,6-11,14H2. The second-order valence-corrected chi connectivity index (χ2v) is 6.46. The second-order valence-electron chi connectivity index (χ2n) is 4.76. The van der Waals surface area contributed by atoms with Crippen LogP contribution in [0.3, 0.4) is 0 Å². The zero-order valence-electron chi connectivity index (χ0n) is 11.4. The van der Waals surface area contributed by atoms with Gasteiger partial charge >= 0.3 is 0 Å². The molecule has 1 saturated heterocycles. The molecular weight excluding hydrogens is 278 g/mol. The van der Waals surface area contributed by atoms with E-state index in [2.05, 4.69) is 4.72 Å². The Balaban J connectivity index is 1.98. The quantitative estimate of drug-likeness (QED) is 0.757. The number of nitrogens with zero attached hydrogens (tertiary/aromatic N) is 1. The van der Waals surface area contributed by atoms with Crippen molar-refractivity contribution in [2.45, 2.75) is 12.5 Å². The van der Waals surface area contributed by atoms with Gasteiger partial charge in [0.25, 0.3) is 10.2 Å². The molecule has 3 N–H and O–H groups in total. The predicted octanol–water partition coefficient (Wildman–Crippen LogP) is -0.277. The van der Waals surface area contributed by atoms with E-state index in [1.54, 1.807) is 0 Å². The van der Waals surface area contributed by atoms with Crippen molar-refractivity contribution in [3.63, 3.8) is 0 Å². The fraction of sp³-hybridized carbons (Fsp3) is 0.538. The van der Waals surface area contributed by atoms with Crippen LogP contribution in [0.5, 0.6) is 0 Å². The van der Waals surface area contributed by atoms with Crippen molar-refractivity contribution in [1.82, 2.24) is 9.03 Å². The molecule has 0 saturated carbocycles. The van der Waals surface area contributed by atoms with Crippen LogP contribution < -0.4 is 10.5 Å². The highest BCUT2D eigenvalue weighted by Crippen LogP contribution is 2.07. The number of morpholine rings is 1. The van der Waals surface area contributed by atoms with Crippen LogP contribution in [0.2, 0.25) is 0 Å². The van der Waals surface area contributed by atoms with E-state index < -0.39 is 10.2 Å². The number of ether oxygens (including phenoxy) is 1. The van der Waals surface area contributed by atoms with E-state index in [-0.39, 0.29) is 12.6 Å². The first-order chi connectivity index (χ1) is 9.62. The first kappa shape index (κ1) is 15.4. The molecule has 1 heterocycles. The van der Waals surface area contributed by atoms with Crippen molar-refractivity contribution >= 4 is 10.2 Å². The summed E-state index contributed by atoms with van der Waals surface area (Å²) in [5, 5.41) is 0. The lowest BCUT2D eigenvalue weighted by Gasteiger charge is -2.28. The minimum Gasteiger partial charge on any atom is -0.379 e. The van der Waals surface area contributed by atoms with Gasteiger partial charge in [0, 0.05) is 25.7 Å². The highest BCUT2D eigenvalue weighted by Gasteiger charge is 2.26. The first-order valence-electron chi connectivity index (χ1n) is 6.71. The lowest BCUT2D eigenvalue weighted by atomic mass is 10.1. The van der Waals surface area contributed by atoms with Crippen molar-refractivity contribution in [2.24, 2.45) is 5.73 Å². The molecule has 0 amide bonds. The summed E-state index contributed by atoms with van der Waals surface area (Å²) in [4.78, 5) is 0. The van der Waals surface area contributed by atoms with Crippen LogP contribution in [0.4, 0.5) is 0 Å².